The van der Waals surface area contributed by atoms with Gasteiger partial charge >= 0.3 is 0 Å². The smallest absolute Gasteiger partial charge is 0.257 e. The highest BCUT2D eigenvalue weighted by molar-refractivity contribution is 7.14. The van der Waals surface area contributed by atoms with Gasteiger partial charge in [0.1, 0.15) is 5.76 Å². The standard InChI is InChI=1S/C17H14N2O2S/c1-13-12-22-17(18-13)19(14-6-3-2-4-7-14)16(20)10-9-15-8-5-11-21-15/h2-12H,1H3. The zero-order valence-electron chi connectivity index (χ0n) is 12.0. The van der Waals surface area contributed by atoms with Crippen molar-refractivity contribution in [3.63, 3.8) is 0 Å². The molecule has 2 aromatic heterocycles. The van der Waals surface area contributed by atoms with E-state index in [0.29, 0.717) is 10.9 Å². The van der Waals surface area contributed by atoms with E-state index in [2.05, 4.69) is 4.98 Å². The Bertz CT molecular complexity index is 776. The van der Waals surface area contributed by atoms with Crippen molar-refractivity contribution in [2.45, 2.75) is 6.92 Å². The van der Waals surface area contributed by atoms with Crippen LogP contribution in [0.4, 0.5) is 10.8 Å². The number of anilines is 2. The Balaban J connectivity index is 1.93. The molecule has 2 heterocycles. The lowest BCUT2D eigenvalue weighted by Gasteiger charge is -2.18. The highest BCUT2D eigenvalue weighted by atomic mass is 32.1. The Morgan fingerprint density at radius 3 is 2.68 bits per heavy atom. The number of hydrogen-bond donors (Lipinski definition) is 0. The molecule has 1 amide bonds. The van der Waals surface area contributed by atoms with Crippen LogP contribution in [0.1, 0.15) is 11.5 Å². The average molecular weight is 310 g/mol. The van der Waals surface area contributed by atoms with Crippen molar-refractivity contribution >= 4 is 34.1 Å². The first-order valence-electron chi connectivity index (χ1n) is 6.77. The number of nitrogens with zero attached hydrogens (tertiary/aromatic N) is 2. The van der Waals surface area contributed by atoms with Gasteiger partial charge in [-0.2, -0.15) is 0 Å². The lowest BCUT2D eigenvalue weighted by molar-refractivity contribution is -0.113. The van der Waals surface area contributed by atoms with E-state index >= 15 is 0 Å². The molecule has 0 atom stereocenters. The fourth-order valence-corrected chi connectivity index (χ4v) is 2.79. The minimum Gasteiger partial charge on any atom is -0.465 e. The molecule has 110 valence electrons. The van der Waals surface area contributed by atoms with Crippen molar-refractivity contribution in [1.82, 2.24) is 4.98 Å². The van der Waals surface area contributed by atoms with Gasteiger partial charge in [-0.3, -0.25) is 9.69 Å². The van der Waals surface area contributed by atoms with Gasteiger partial charge < -0.3 is 4.42 Å². The monoisotopic (exact) mass is 310 g/mol. The van der Waals surface area contributed by atoms with Gasteiger partial charge in [-0.25, -0.2) is 4.98 Å². The molecule has 1 aromatic carbocycles. The number of aryl methyl sites for hydroxylation is 1. The Kier molecular flexibility index (Phi) is 4.16. The molecule has 0 fully saturated rings. The van der Waals surface area contributed by atoms with Crippen molar-refractivity contribution in [2.24, 2.45) is 0 Å². The van der Waals surface area contributed by atoms with E-state index in [1.807, 2.05) is 42.6 Å². The molecule has 0 saturated heterocycles. The highest BCUT2D eigenvalue weighted by Gasteiger charge is 2.18. The molecule has 0 aliphatic carbocycles. The van der Waals surface area contributed by atoms with Crippen molar-refractivity contribution in [1.29, 1.82) is 0 Å². The third-order valence-electron chi connectivity index (χ3n) is 2.97. The maximum absolute atomic E-state index is 12.6. The highest BCUT2D eigenvalue weighted by Crippen LogP contribution is 2.28. The average Bonchev–Trinajstić information content (AvgIpc) is 3.18. The van der Waals surface area contributed by atoms with Gasteiger partial charge in [-0.15, -0.1) is 11.3 Å². The largest absolute Gasteiger partial charge is 0.465 e. The van der Waals surface area contributed by atoms with Crippen molar-refractivity contribution in [3.8, 4) is 0 Å². The molecule has 0 aliphatic heterocycles. The second kappa shape index (κ2) is 6.41. The molecule has 0 spiro atoms. The number of thiazole rings is 1. The molecule has 3 aromatic rings. The van der Waals surface area contributed by atoms with Crippen molar-refractivity contribution in [3.05, 3.63) is 71.6 Å². The molecule has 0 bridgehead atoms. The quantitative estimate of drug-likeness (QED) is 0.670. The third kappa shape index (κ3) is 3.15. The molecule has 0 saturated carbocycles. The van der Waals surface area contributed by atoms with Gasteiger partial charge in [0.2, 0.25) is 0 Å². The van der Waals surface area contributed by atoms with E-state index in [1.165, 1.54) is 17.4 Å². The molecule has 3 rings (SSSR count). The van der Waals surface area contributed by atoms with Crippen LogP contribution in [-0.4, -0.2) is 10.9 Å². The number of benzene rings is 1. The molecule has 0 radical (unpaired) electrons. The van der Waals surface area contributed by atoms with Gasteiger partial charge in [-0.05, 0) is 37.3 Å². The minimum atomic E-state index is -0.169. The molecular weight excluding hydrogens is 296 g/mol. The summed E-state index contributed by atoms with van der Waals surface area (Å²) in [7, 11) is 0. The molecule has 5 heteroatoms. The number of amides is 1. The minimum absolute atomic E-state index is 0.169. The Morgan fingerprint density at radius 1 is 1.23 bits per heavy atom. The van der Waals surface area contributed by atoms with E-state index in [4.69, 9.17) is 4.42 Å². The van der Waals surface area contributed by atoms with Crippen LogP contribution in [0.15, 0.2) is 64.6 Å². The van der Waals surface area contributed by atoms with Gasteiger partial charge in [-0.1, -0.05) is 18.2 Å². The zero-order chi connectivity index (χ0) is 15.4. The number of rotatable bonds is 4. The predicted octanol–water partition coefficient (Wildman–Crippen LogP) is 4.42. The van der Waals surface area contributed by atoms with Crippen LogP contribution in [0.5, 0.6) is 0 Å². The summed E-state index contributed by atoms with van der Waals surface area (Å²) in [6.07, 6.45) is 4.71. The predicted molar refractivity (Wildman–Crippen MR) is 88.2 cm³/mol. The van der Waals surface area contributed by atoms with Crippen LogP contribution < -0.4 is 4.90 Å². The summed E-state index contributed by atoms with van der Waals surface area (Å²) >= 11 is 1.44. The van der Waals surface area contributed by atoms with Crippen molar-refractivity contribution < 1.29 is 9.21 Å². The van der Waals surface area contributed by atoms with E-state index in [1.54, 1.807) is 29.4 Å². The summed E-state index contributed by atoms with van der Waals surface area (Å²) in [5, 5.41) is 2.58. The SMILES string of the molecule is Cc1csc(N(C(=O)C=Cc2ccco2)c2ccccc2)n1. The molecule has 0 unspecified atom stereocenters. The summed E-state index contributed by atoms with van der Waals surface area (Å²) in [6, 6.07) is 13.1. The zero-order valence-corrected chi connectivity index (χ0v) is 12.8. The van der Waals surface area contributed by atoms with Gasteiger partial charge in [0.15, 0.2) is 5.13 Å². The molecule has 0 N–H and O–H groups in total. The number of carbonyl (C=O) groups is 1. The number of para-hydroxylation sites is 1. The van der Waals surface area contributed by atoms with Crippen LogP contribution in [0, 0.1) is 6.92 Å². The maximum atomic E-state index is 12.6. The van der Waals surface area contributed by atoms with Gasteiger partial charge in [0.05, 0.1) is 17.6 Å². The number of hydrogen-bond acceptors (Lipinski definition) is 4. The second-order valence-corrected chi connectivity index (χ2v) is 5.47. The fraction of sp³-hybridized carbons (Fsp3) is 0.0588. The Morgan fingerprint density at radius 2 is 2.05 bits per heavy atom. The normalized spacial score (nSPS) is 11.0. The van der Waals surface area contributed by atoms with Crippen LogP contribution in [0.2, 0.25) is 0 Å². The molecule has 0 aliphatic rings. The molecular formula is C17H14N2O2S. The lowest BCUT2D eigenvalue weighted by atomic mass is 10.3. The van der Waals surface area contributed by atoms with Crippen LogP contribution >= 0.6 is 11.3 Å². The molecule has 22 heavy (non-hydrogen) atoms. The van der Waals surface area contributed by atoms with Crippen LogP contribution in [0.25, 0.3) is 6.08 Å². The number of carbonyl (C=O) groups excluding carboxylic acids is 1. The summed E-state index contributed by atoms with van der Waals surface area (Å²) in [5.41, 5.74) is 1.68. The second-order valence-electron chi connectivity index (χ2n) is 4.63. The van der Waals surface area contributed by atoms with Gasteiger partial charge in [0, 0.05) is 11.5 Å². The first-order valence-corrected chi connectivity index (χ1v) is 7.65. The molecule has 4 nitrogen and oxygen atoms in total. The van der Waals surface area contributed by atoms with E-state index < -0.39 is 0 Å². The number of furan rings is 1. The first kappa shape index (κ1) is 14.3. The topological polar surface area (TPSA) is 46.3 Å². The fourth-order valence-electron chi connectivity index (χ4n) is 1.97. The van der Waals surface area contributed by atoms with Crippen LogP contribution in [0.3, 0.4) is 0 Å². The van der Waals surface area contributed by atoms with E-state index in [9.17, 15) is 4.79 Å². The van der Waals surface area contributed by atoms with Crippen molar-refractivity contribution in [2.75, 3.05) is 4.90 Å². The first-order chi connectivity index (χ1) is 10.7. The maximum Gasteiger partial charge on any atom is 0.257 e. The third-order valence-corrected chi connectivity index (χ3v) is 3.91. The summed E-state index contributed by atoms with van der Waals surface area (Å²) in [6.45, 7) is 1.91. The lowest BCUT2D eigenvalue weighted by Crippen LogP contribution is -2.23. The Hall–Kier alpha value is -2.66. The van der Waals surface area contributed by atoms with E-state index in [-0.39, 0.29) is 5.91 Å². The summed E-state index contributed by atoms with van der Waals surface area (Å²) < 4.78 is 5.21. The van der Waals surface area contributed by atoms with E-state index in [0.717, 1.165) is 11.4 Å². The van der Waals surface area contributed by atoms with Crippen LogP contribution in [-0.2, 0) is 4.79 Å². The summed E-state index contributed by atoms with van der Waals surface area (Å²) in [4.78, 5) is 18.6. The van der Waals surface area contributed by atoms with Gasteiger partial charge in [0.25, 0.3) is 5.91 Å². The summed E-state index contributed by atoms with van der Waals surface area (Å²) in [5.74, 6) is 0.466. The Labute approximate surface area is 132 Å². The number of aromatic nitrogens is 1.